The number of thiophene rings is 1. The molecule has 2 rings (SSSR count). The molecule has 1 aromatic carbocycles. The second-order valence-corrected chi connectivity index (χ2v) is 6.46. The normalized spacial score (nSPS) is 10.9. The molecule has 0 spiro atoms. The van der Waals surface area contributed by atoms with Gasteiger partial charge in [-0.3, -0.25) is 9.69 Å². The Kier molecular flexibility index (Phi) is 5.53. The summed E-state index contributed by atoms with van der Waals surface area (Å²) in [5.41, 5.74) is 3.66. The van der Waals surface area contributed by atoms with E-state index in [0.717, 1.165) is 12.1 Å². The van der Waals surface area contributed by atoms with Crippen LogP contribution in [0.1, 0.15) is 21.6 Å². The summed E-state index contributed by atoms with van der Waals surface area (Å²) in [5, 5.41) is 5.06. The van der Waals surface area contributed by atoms with Gasteiger partial charge >= 0.3 is 0 Å². The smallest absolute Gasteiger partial charge is 0.234 e. The number of nitrogens with zero attached hydrogens (tertiary/aromatic N) is 1. The molecule has 0 atom stereocenters. The molecule has 0 unspecified atom stereocenters. The van der Waals surface area contributed by atoms with Crippen LogP contribution >= 0.6 is 11.3 Å². The SMILES string of the molecule is Cc1ccc(CNC(=O)CN(C)Cc2sccc2C)cc1. The van der Waals surface area contributed by atoms with Crippen molar-refractivity contribution in [3.05, 3.63) is 57.3 Å². The van der Waals surface area contributed by atoms with Gasteiger partial charge in [0.15, 0.2) is 0 Å². The third-order valence-electron chi connectivity index (χ3n) is 3.41. The van der Waals surface area contributed by atoms with Crippen LogP contribution in [0.3, 0.4) is 0 Å². The fourth-order valence-electron chi connectivity index (χ4n) is 2.07. The van der Waals surface area contributed by atoms with E-state index in [1.807, 2.05) is 24.1 Å². The first-order chi connectivity index (χ1) is 10.0. The minimum absolute atomic E-state index is 0.0623. The Morgan fingerprint density at radius 3 is 2.52 bits per heavy atom. The van der Waals surface area contributed by atoms with Gasteiger partial charge in [0.2, 0.25) is 5.91 Å². The van der Waals surface area contributed by atoms with E-state index in [4.69, 9.17) is 0 Å². The molecule has 2 aromatic rings. The first kappa shape index (κ1) is 15.7. The second kappa shape index (κ2) is 7.38. The Morgan fingerprint density at radius 2 is 1.90 bits per heavy atom. The van der Waals surface area contributed by atoms with Crippen molar-refractivity contribution in [3.8, 4) is 0 Å². The molecule has 1 amide bonds. The number of aryl methyl sites for hydroxylation is 2. The molecule has 0 aliphatic heterocycles. The molecule has 0 fully saturated rings. The molecule has 0 saturated heterocycles. The fourth-order valence-corrected chi connectivity index (χ4v) is 3.06. The van der Waals surface area contributed by atoms with Gasteiger partial charge in [-0.25, -0.2) is 0 Å². The number of carbonyl (C=O) groups excluding carboxylic acids is 1. The molecule has 1 aromatic heterocycles. The number of likely N-dealkylation sites (N-methyl/N-ethyl adjacent to an activating group) is 1. The number of hydrogen-bond acceptors (Lipinski definition) is 3. The Hall–Kier alpha value is -1.65. The van der Waals surface area contributed by atoms with E-state index in [0.29, 0.717) is 13.1 Å². The van der Waals surface area contributed by atoms with Crippen molar-refractivity contribution in [2.75, 3.05) is 13.6 Å². The van der Waals surface area contributed by atoms with E-state index in [1.165, 1.54) is 16.0 Å². The standard InChI is InChI=1S/C17H22N2OS/c1-13-4-6-15(7-5-13)10-18-17(20)12-19(3)11-16-14(2)8-9-21-16/h4-9H,10-12H2,1-3H3,(H,18,20). The molecule has 112 valence electrons. The number of hydrogen-bond donors (Lipinski definition) is 1. The van der Waals surface area contributed by atoms with Gasteiger partial charge in [-0.1, -0.05) is 29.8 Å². The van der Waals surface area contributed by atoms with Gasteiger partial charge in [0.25, 0.3) is 0 Å². The predicted octanol–water partition coefficient (Wildman–Crippen LogP) is 3.11. The number of amides is 1. The number of nitrogens with one attached hydrogen (secondary N) is 1. The van der Waals surface area contributed by atoms with E-state index < -0.39 is 0 Å². The number of carbonyl (C=O) groups is 1. The maximum atomic E-state index is 12.0. The quantitative estimate of drug-likeness (QED) is 0.889. The van der Waals surface area contributed by atoms with E-state index in [9.17, 15) is 4.79 Å². The molecule has 0 radical (unpaired) electrons. The lowest BCUT2D eigenvalue weighted by Crippen LogP contribution is -2.34. The highest BCUT2D eigenvalue weighted by molar-refractivity contribution is 7.10. The lowest BCUT2D eigenvalue weighted by Gasteiger charge is -2.16. The summed E-state index contributed by atoms with van der Waals surface area (Å²) in [7, 11) is 1.98. The monoisotopic (exact) mass is 302 g/mol. The van der Waals surface area contributed by atoms with Gasteiger partial charge in [-0.2, -0.15) is 0 Å². The first-order valence-electron chi connectivity index (χ1n) is 7.08. The second-order valence-electron chi connectivity index (χ2n) is 5.46. The van der Waals surface area contributed by atoms with Gasteiger partial charge in [-0.05, 0) is 43.5 Å². The average molecular weight is 302 g/mol. The largest absolute Gasteiger partial charge is 0.351 e. The third-order valence-corrected chi connectivity index (χ3v) is 4.41. The molecule has 21 heavy (non-hydrogen) atoms. The predicted molar refractivity (Wildman–Crippen MR) is 88.4 cm³/mol. The van der Waals surface area contributed by atoms with Crippen LogP contribution in [0.25, 0.3) is 0 Å². The molecule has 3 nitrogen and oxygen atoms in total. The summed E-state index contributed by atoms with van der Waals surface area (Å²) in [6.45, 7) is 6.00. The molecule has 0 aliphatic carbocycles. The van der Waals surface area contributed by atoms with Gasteiger partial charge in [0, 0.05) is 18.0 Å². The Balaban J connectivity index is 1.76. The van der Waals surface area contributed by atoms with Crippen molar-refractivity contribution in [1.82, 2.24) is 10.2 Å². The van der Waals surface area contributed by atoms with Crippen LogP contribution < -0.4 is 5.32 Å². The summed E-state index contributed by atoms with van der Waals surface area (Å²) in [6, 6.07) is 10.3. The topological polar surface area (TPSA) is 32.3 Å². The number of benzene rings is 1. The average Bonchev–Trinajstić information content (AvgIpc) is 2.83. The zero-order valence-electron chi connectivity index (χ0n) is 12.8. The lowest BCUT2D eigenvalue weighted by molar-refractivity contribution is -0.122. The van der Waals surface area contributed by atoms with Crippen LogP contribution in [0, 0.1) is 13.8 Å². The Bertz CT molecular complexity index is 589. The maximum absolute atomic E-state index is 12.0. The van der Waals surface area contributed by atoms with Crippen molar-refractivity contribution in [2.45, 2.75) is 26.9 Å². The van der Waals surface area contributed by atoms with Crippen LogP contribution in [0.5, 0.6) is 0 Å². The molecule has 4 heteroatoms. The molecule has 1 N–H and O–H groups in total. The van der Waals surface area contributed by atoms with Crippen molar-refractivity contribution in [2.24, 2.45) is 0 Å². The summed E-state index contributed by atoms with van der Waals surface area (Å²) >= 11 is 1.74. The molecule has 0 saturated carbocycles. The van der Waals surface area contributed by atoms with E-state index in [2.05, 4.69) is 42.7 Å². The van der Waals surface area contributed by atoms with E-state index >= 15 is 0 Å². The van der Waals surface area contributed by atoms with Gasteiger partial charge in [0.1, 0.15) is 0 Å². The zero-order chi connectivity index (χ0) is 15.2. The molecule has 0 bridgehead atoms. The highest BCUT2D eigenvalue weighted by atomic mass is 32.1. The molecular weight excluding hydrogens is 280 g/mol. The summed E-state index contributed by atoms with van der Waals surface area (Å²) in [4.78, 5) is 15.3. The fraction of sp³-hybridized carbons (Fsp3) is 0.353. The van der Waals surface area contributed by atoms with Crippen molar-refractivity contribution in [3.63, 3.8) is 0 Å². The van der Waals surface area contributed by atoms with Crippen molar-refractivity contribution < 1.29 is 4.79 Å². The van der Waals surface area contributed by atoms with Crippen LogP contribution in [-0.4, -0.2) is 24.4 Å². The molecule has 1 heterocycles. The highest BCUT2D eigenvalue weighted by Crippen LogP contribution is 2.16. The van der Waals surface area contributed by atoms with Crippen LogP contribution in [0.4, 0.5) is 0 Å². The van der Waals surface area contributed by atoms with E-state index in [1.54, 1.807) is 11.3 Å². The third kappa shape index (κ3) is 4.99. The van der Waals surface area contributed by atoms with Gasteiger partial charge in [-0.15, -0.1) is 11.3 Å². The minimum Gasteiger partial charge on any atom is -0.351 e. The minimum atomic E-state index is 0.0623. The maximum Gasteiger partial charge on any atom is 0.234 e. The van der Waals surface area contributed by atoms with Gasteiger partial charge in [0.05, 0.1) is 6.54 Å². The summed E-state index contributed by atoms with van der Waals surface area (Å²) in [6.07, 6.45) is 0. The summed E-state index contributed by atoms with van der Waals surface area (Å²) < 4.78 is 0. The lowest BCUT2D eigenvalue weighted by atomic mass is 10.1. The van der Waals surface area contributed by atoms with Crippen LogP contribution in [0.2, 0.25) is 0 Å². The summed E-state index contributed by atoms with van der Waals surface area (Å²) in [5.74, 6) is 0.0623. The Labute approximate surface area is 130 Å². The zero-order valence-corrected chi connectivity index (χ0v) is 13.7. The molecular formula is C17H22N2OS. The highest BCUT2D eigenvalue weighted by Gasteiger charge is 2.09. The molecule has 0 aliphatic rings. The van der Waals surface area contributed by atoms with Gasteiger partial charge < -0.3 is 5.32 Å². The first-order valence-corrected chi connectivity index (χ1v) is 7.96. The van der Waals surface area contributed by atoms with Crippen molar-refractivity contribution in [1.29, 1.82) is 0 Å². The Morgan fingerprint density at radius 1 is 1.19 bits per heavy atom. The van der Waals surface area contributed by atoms with Crippen LogP contribution in [-0.2, 0) is 17.9 Å². The van der Waals surface area contributed by atoms with Crippen molar-refractivity contribution >= 4 is 17.2 Å². The van der Waals surface area contributed by atoms with E-state index in [-0.39, 0.29) is 5.91 Å². The van der Waals surface area contributed by atoms with Crippen LogP contribution in [0.15, 0.2) is 35.7 Å². The number of rotatable bonds is 6.